The Labute approximate surface area is 112 Å². The number of hydrogen-bond donors (Lipinski definition) is 1. The molecule has 0 atom stereocenters. The maximum Gasteiger partial charge on any atom is 0.317 e. The third kappa shape index (κ3) is 11.9. The predicted molar refractivity (Wildman–Crippen MR) is 76.0 cm³/mol. The zero-order chi connectivity index (χ0) is 13.8. The highest BCUT2D eigenvalue weighted by atomic mass is 16.4. The van der Waals surface area contributed by atoms with Gasteiger partial charge in [0.25, 0.3) is 0 Å². The second-order valence-corrected chi connectivity index (χ2v) is 5.24. The van der Waals surface area contributed by atoms with Gasteiger partial charge in [-0.1, -0.05) is 39.0 Å². The van der Waals surface area contributed by atoms with Gasteiger partial charge in [-0.3, -0.25) is 9.69 Å². The first-order valence-corrected chi connectivity index (χ1v) is 7.15. The molecular weight excluding hydrogens is 228 g/mol. The summed E-state index contributed by atoms with van der Waals surface area (Å²) in [5.74, 6) is -0.722. The Balaban J connectivity index is 3.68. The van der Waals surface area contributed by atoms with Crippen LogP contribution < -0.4 is 0 Å². The van der Waals surface area contributed by atoms with E-state index >= 15 is 0 Å². The molecule has 0 aromatic carbocycles. The molecule has 0 saturated heterocycles. The number of hydrogen-bond acceptors (Lipinski definition) is 3. The highest BCUT2D eigenvalue weighted by molar-refractivity contribution is 5.69. The van der Waals surface area contributed by atoms with E-state index in [0.717, 1.165) is 26.1 Å². The van der Waals surface area contributed by atoms with Gasteiger partial charge in [0.1, 0.15) is 0 Å². The maximum atomic E-state index is 10.8. The van der Waals surface area contributed by atoms with Crippen LogP contribution >= 0.6 is 0 Å². The molecule has 0 rings (SSSR count). The van der Waals surface area contributed by atoms with E-state index in [1.807, 2.05) is 19.0 Å². The van der Waals surface area contributed by atoms with Crippen LogP contribution in [-0.2, 0) is 4.79 Å². The van der Waals surface area contributed by atoms with Gasteiger partial charge >= 0.3 is 5.97 Å². The van der Waals surface area contributed by atoms with E-state index in [2.05, 4.69) is 11.8 Å². The molecule has 0 bridgehead atoms. The first-order chi connectivity index (χ1) is 8.56. The highest BCUT2D eigenvalue weighted by Gasteiger charge is 2.09. The van der Waals surface area contributed by atoms with Gasteiger partial charge in [-0.15, -0.1) is 0 Å². The van der Waals surface area contributed by atoms with E-state index in [-0.39, 0.29) is 6.54 Å². The topological polar surface area (TPSA) is 43.8 Å². The lowest BCUT2D eigenvalue weighted by Crippen LogP contribution is -2.36. The van der Waals surface area contributed by atoms with Gasteiger partial charge in [-0.2, -0.15) is 0 Å². The molecule has 18 heavy (non-hydrogen) atoms. The Morgan fingerprint density at radius 1 is 0.944 bits per heavy atom. The number of carboxylic acid groups (broad SMARTS) is 1. The fourth-order valence-corrected chi connectivity index (χ4v) is 1.92. The van der Waals surface area contributed by atoms with Gasteiger partial charge in [0.15, 0.2) is 0 Å². The average molecular weight is 258 g/mol. The second-order valence-electron chi connectivity index (χ2n) is 5.24. The number of nitrogens with zero attached hydrogens (tertiary/aromatic N) is 2. The maximum absolute atomic E-state index is 10.8. The van der Waals surface area contributed by atoms with Crippen LogP contribution in [0.25, 0.3) is 0 Å². The predicted octanol–water partition coefficient (Wildman–Crippen LogP) is 2.30. The van der Waals surface area contributed by atoms with Crippen molar-refractivity contribution in [3.63, 3.8) is 0 Å². The fourth-order valence-electron chi connectivity index (χ4n) is 1.92. The van der Waals surface area contributed by atoms with Crippen LogP contribution in [0.15, 0.2) is 0 Å². The number of aliphatic carboxylic acids is 1. The van der Waals surface area contributed by atoms with Gasteiger partial charge in [-0.05, 0) is 27.1 Å². The Morgan fingerprint density at radius 2 is 1.56 bits per heavy atom. The molecule has 0 aliphatic carbocycles. The van der Waals surface area contributed by atoms with Gasteiger partial charge in [0.2, 0.25) is 0 Å². The van der Waals surface area contributed by atoms with Crippen molar-refractivity contribution in [2.45, 2.75) is 45.4 Å². The quantitative estimate of drug-likeness (QED) is 0.546. The summed E-state index contributed by atoms with van der Waals surface area (Å²) in [6, 6.07) is 0. The summed E-state index contributed by atoms with van der Waals surface area (Å²) in [4.78, 5) is 14.9. The van der Waals surface area contributed by atoms with Crippen molar-refractivity contribution in [2.24, 2.45) is 0 Å². The van der Waals surface area contributed by atoms with E-state index in [1.54, 1.807) is 0 Å². The summed E-state index contributed by atoms with van der Waals surface area (Å²) >= 11 is 0. The summed E-state index contributed by atoms with van der Waals surface area (Å²) < 4.78 is 0. The molecule has 0 aliphatic heterocycles. The summed E-state index contributed by atoms with van der Waals surface area (Å²) in [5, 5.41) is 8.87. The van der Waals surface area contributed by atoms with E-state index in [9.17, 15) is 4.79 Å². The van der Waals surface area contributed by atoms with Crippen LogP contribution in [0, 0.1) is 0 Å². The van der Waals surface area contributed by atoms with Crippen LogP contribution in [0.2, 0.25) is 0 Å². The van der Waals surface area contributed by atoms with Gasteiger partial charge < -0.3 is 10.0 Å². The van der Waals surface area contributed by atoms with Crippen molar-refractivity contribution in [1.82, 2.24) is 9.80 Å². The fraction of sp³-hybridized carbons (Fsp3) is 0.929. The molecule has 0 amide bonds. The molecule has 1 N–H and O–H groups in total. The lowest BCUT2D eigenvalue weighted by atomic mass is 10.1. The Bertz CT molecular complexity index is 208. The van der Waals surface area contributed by atoms with E-state index in [1.165, 1.54) is 32.1 Å². The third-order valence-electron chi connectivity index (χ3n) is 3.05. The first-order valence-electron chi connectivity index (χ1n) is 7.15. The minimum Gasteiger partial charge on any atom is -0.480 e. The molecule has 4 heteroatoms. The molecule has 0 aromatic heterocycles. The summed E-state index contributed by atoms with van der Waals surface area (Å²) in [6.45, 7) is 5.06. The molecular formula is C14H30N2O2. The zero-order valence-corrected chi connectivity index (χ0v) is 12.3. The molecule has 0 saturated carbocycles. The number of rotatable bonds is 12. The average Bonchev–Trinajstić information content (AvgIpc) is 2.29. The largest absolute Gasteiger partial charge is 0.480 e. The Morgan fingerprint density at radius 3 is 2.11 bits per heavy atom. The van der Waals surface area contributed by atoms with Crippen LogP contribution in [0.3, 0.4) is 0 Å². The first kappa shape index (κ1) is 17.4. The summed E-state index contributed by atoms with van der Waals surface area (Å²) in [5.41, 5.74) is 0. The van der Waals surface area contributed by atoms with E-state index in [4.69, 9.17) is 5.11 Å². The number of carbonyl (C=O) groups is 1. The van der Waals surface area contributed by atoms with Gasteiger partial charge in [-0.25, -0.2) is 0 Å². The lowest BCUT2D eigenvalue weighted by Gasteiger charge is -2.22. The van der Waals surface area contributed by atoms with Crippen molar-refractivity contribution in [3.8, 4) is 0 Å². The summed E-state index contributed by atoms with van der Waals surface area (Å²) in [7, 11) is 4.04. The standard InChI is InChI=1S/C14H30N2O2/c1-4-5-6-7-8-9-10-16(13-14(17)18)12-11-15(2)3/h4-13H2,1-3H3,(H,17,18). The van der Waals surface area contributed by atoms with Crippen LogP contribution in [-0.4, -0.2) is 61.2 Å². The van der Waals surface area contributed by atoms with Crippen molar-refractivity contribution in [3.05, 3.63) is 0 Å². The molecule has 0 radical (unpaired) electrons. The minimum atomic E-state index is -0.722. The molecule has 0 unspecified atom stereocenters. The molecule has 0 aliphatic rings. The second kappa shape index (κ2) is 11.5. The van der Waals surface area contributed by atoms with E-state index in [0.29, 0.717) is 0 Å². The molecule has 108 valence electrons. The Hall–Kier alpha value is -0.610. The molecule has 4 nitrogen and oxygen atoms in total. The smallest absolute Gasteiger partial charge is 0.317 e. The highest BCUT2D eigenvalue weighted by Crippen LogP contribution is 2.06. The van der Waals surface area contributed by atoms with E-state index < -0.39 is 5.97 Å². The summed E-state index contributed by atoms with van der Waals surface area (Å²) in [6.07, 6.45) is 7.52. The van der Waals surface area contributed by atoms with Crippen molar-refractivity contribution < 1.29 is 9.90 Å². The molecule has 0 spiro atoms. The molecule has 0 fully saturated rings. The van der Waals surface area contributed by atoms with Crippen LogP contribution in [0.1, 0.15) is 45.4 Å². The number of carboxylic acids is 1. The van der Waals surface area contributed by atoms with Crippen molar-refractivity contribution in [2.75, 3.05) is 40.3 Å². The van der Waals surface area contributed by atoms with Gasteiger partial charge in [0.05, 0.1) is 6.54 Å². The van der Waals surface area contributed by atoms with Crippen LogP contribution in [0.5, 0.6) is 0 Å². The number of unbranched alkanes of at least 4 members (excludes halogenated alkanes) is 5. The molecule has 0 heterocycles. The van der Waals surface area contributed by atoms with Crippen LogP contribution in [0.4, 0.5) is 0 Å². The lowest BCUT2D eigenvalue weighted by molar-refractivity contribution is -0.138. The van der Waals surface area contributed by atoms with Gasteiger partial charge in [0, 0.05) is 13.1 Å². The number of likely N-dealkylation sites (N-methyl/N-ethyl adjacent to an activating group) is 1. The normalized spacial score (nSPS) is 11.4. The molecule has 0 aromatic rings. The monoisotopic (exact) mass is 258 g/mol. The SMILES string of the molecule is CCCCCCCCN(CCN(C)C)CC(=O)O. The van der Waals surface area contributed by atoms with Crippen molar-refractivity contribution >= 4 is 5.97 Å². The Kier molecular flexibility index (Phi) is 11.1. The van der Waals surface area contributed by atoms with Crippen molar-refractivity contribution in [1.29, 1.82) is 0 Å². The zero-order valence-electron chi connectivity index (χ0n) is 12.3. The third-order valence-corrected chi connectivity index (χ3v) is 3.05. The minimum absolute atomic E-state index is 0.169.